The van der Waals surface area contributed by atoms with E-state index in [1.807, 2.05) is 6.07 Å². The molecule has 0 amide bonds. The van der Waals surface area contributed by atoms with Gasteiger partial charge >= 0.3 is 0 Å². The Hall–Kier alpha value is -0.720. The number of ether oxygens (including phenoxy) is 1. The van der Waals surface area contributed by atoms with Gasteiger partial charge in [-0.15, -0.1) is 0 Å². The van der Waals surface area contributed by atoms with Crippen molar-refractivity contribution in [2.45, 2.75) is 6.42 Å². The Morgan fingerprint density at radius 3 is 2.85 bits per heavy atom. The Kier molecular flexibility index (Phi) is 3.58. The van der Waals surface area contributed by atoms with E-state index in [-0.39, 0.29) is 0 Å². The zero-order chi connectivity index (χ0) is 9.84. The Bertz CT molecular complexity index is 359. The van der Waals surface area contributed by atoms with Gasteiger partial charge in [0.1, 0.15) is 5.75 Å². The van der Waals surface area contributed by atoms with Crippen molar-refractivity contribution in [2.24, 2.45) is 0 Å². The fourth-order valence-corrected chi connectivity index (χ4v) is 2.01. The molecule has 0 aromatic heterocycles. The predicted octanol–water partition coefficient (Wildman–Crippen LogP) is 3.18. The third kappa shape index (κ3) is 2.36. The number of halogens is 2. The Labute approximate surface area is 90.2 Å². The Balaban J connectivity index is 3.23. The first kappa shape index (κ1) is 10.4. The molecular formula is C9H7BrClNO. The molecule has 1 aromatic carbocycles. The normalized spacial score (nSPS) is 9.38. The summed E-state index contributed by atoms with van der Waals surface area (Å²) in [6, 6.07) is 5.62. The average molecular weight is 261 g/mol. The lowest BCUT2D eigenvalue weighted by molar-refractivity contribution is 0.411. The van der Waals surface area contributed by atoms with E-state index in [9.17, 15) is 0 Å². The van der Waals surface area contributed by atoms with Gasteiger partial charge < -0.3 is 4.74 Å². The number of nitrogens with zero attached hydrogens (tertiary/aromatic N) is 1. The summed E-state index contributed by atoms with van der Waals surface area (Å²) in [4.78, 5) is 0. The lowest BCUT2D eigenvalue weighted by atomic mass is 10.1. The molecule has 0 heterocycles. The van der Waals surface area contributed by atoms with Crippen LogP contribution in [0.5, 0.6) is 5.75 Å². The smallest absolute Gasteiger partial charge is 0.141 e. The number of benzene rings is 1. The highest BCUT2D eigenvalue weighted by Crippen LogP contribution is 2.32. The van der Waals surface area contributed by atoms with Crippen molar-refractivity contribution in [1.29, 1.82) is 5.26 Å². The molecular weight excluding hydrogens is 253 g/mol. The molecule has 0 atom stereocenters. The minimum absolute atomic E-state index is 0.294. The van der Waals surface area contributed by atoms with E-state index in [4.69, 9.17) is 21.6 Å². The van der Waals surface area contributed by atoms with Crippen LogP contribution in [0.2, 0.25) is 5.02 Å². The highest BCUT2D eigenvalue weighted by Gasteiger charge is 2.08. The molecule has 0 saturated carbocycles. The lowest BCUT2D eigenvalue weighted by Gasteiger charge is -2.07. The molecule has 1 rings (SSSR count). The zero-order valence-corrected chi connectivity index (χ0v) is 9.32. The second-order valence-corrected chi connectivity index (χ2v) is 3.74. The van der Waals surface area contributed by atoms with Gasteiger partial charge in [-0.05, 0) is 12.1 Å². The van der Waals surface area contributed by atoms with Gasteiger partial charge in [-0.25, -0.2) is 0 Å². The van der Waals surface area contributed by atoms with Crippen LogP contribution in [-0.2, 0) is 6.42 Å². The average Bonchev–Trinajstić information content (AvgIpc) is 2.04. The van der Waals surface area contributed by atoms with Gasteiger partial charge in [0, 0.05) is 10.0 Å². The van der Waals surface area contributed by atoms with Crippen molar-refractivity contribution in [3.8, 4) is 11.8 Å². The third-order valence-electron chi connectivity index (χ3n) is 1.56. The van der Waals surface area contributed by atoms with E-state index in [2.05, 4.69) is 22.0 Å². The van der Waals surface area contributed by atoms with E-state index in [0.717, 1.165) is 10.0 Å². The number of hydrogen-bond acceptors (Lipinski definition) is 2. The van der Waals surface area contributed by atoms with Crippen LogP contribution in [0.1, 0.15) is 5.56 Å². The molecule has 0 aliphatic rings. The van der Waals surface area contributed by atoms with Crippen molar-refractivity contribution in [1.82, 2.24) is 0 Å². The summed E-state index contributed by atoms with van der Waals surface area (Å²) in [6.45, 7) is 0. The van der Waals surface area contributed by atoms with Crippen LogP contribution in [0.4, 0.5) is 0 Å². The van der Waals surface area contributed by atoms with Crippen LogP contribution in [0.15, 0.2) is 16.6 Å². The number of hydrogen-bond donors (Lipinski definition) is 0. The highest BCUT2D eigenvalue weighted by molar-refractivity contribution is 9.10. The summed E-state index contributed by atoms with van der Waals surface area (Å²) in [5.41, 5.74) is 0.796. The highest BCUT2D eigenvalue weighted by atomic mass is 79.9. The number of methoxy groups -OCH3 is 1. The second-order valence-electron chi connectivity index (χ2n) is 2.41. The summed E-state index contributed by atoms with van der Waals surface area (Å²) < 4.78 is 5.93. The number of nitriles is 1. The third-order valence-corrected chi connectivity index (χ3v) is 2.30. The molecule has 0 spiro atoms. The molecule has 0 aliphatic carbocycles. The summed E-state index contributed by atoms with van der Waals surface area (Å²) in [7, 11) is 1.54. The first-order chi connectivity index (χ1) is 6.19. The summed E-state index contributed by atoms with van der Waals surface area (Å²) >= 11 is 9.20. The van der Waals surface area contributed by atoms with Crippen molar-refractivity contribution < 1.29 is 4.74 Å². The molecule has 4 heteroatoms. The van der Waals surface area contributed by atoms with E-state index in [0.29, 0.717) is 17.2 Å². The summed E-state index contributed by atoms with van der Waals surface area (Å²) in [6.07, 6.45) is 0.294. The van der Waals surface area contributed by atoms with Crippen LogP contribution in [0, 0.1) is 11.3 Å². The van der Waals surface area contributed by atoms with Gasteiger partial charge in [0.25, 0.3) is 0 Å². The molecule has 0 saturated heterocycles. The van der Waals surface area contributed by atoms with Crippen LogP contribution >= 0.6 is 27.5 Å². The van der Waals surface area contributed by atoms with Crippen molar-refractivity contribution in [2.75, 3.05) is 7.11 Å². The molecule has 68 valence electrons. The predicted molar refractivity (Wildman–Crippen MR) is 55.0 cm³/mol. The first-order valence-electron chi connectivity index (χ1n) is 3.58. The topological polar surface area (TPSA) is 33.0 Å². The summed E-state index contributed by atoms with van der Waals surface area (Å²) in [5, 5.41) is 9.07. The van der Waals surface area contributed by atoms with Crippen molar-refractivity contribution >= 4 is 27.5 Å². The van der Waals surface area contributed by atoms with Gasteiger partial charge in [0.2, 0.25) is 0 Å². The van der Waals surface area contributed by atoms with Crippen molar-refractivity contribution in [3.05, 3.63) is 27.2 Å². The Morgan fingerprint density at radius 1 is 1.62 bits per heavy atom. The molecule has 2 nitrogen and oxygen atoms in total. The standard InChI is InChI=1S/C9H7BrClNO/c1-13-9-6(2-3-12)4-7(10)5-8(9)11/h4-5H,2H2,1H3. The largest absolute Gasteiger partial charge is 0.495 e. The van der Waals surface area contributed by atoms with Gasteiger partial charge in [-0.2, -0.15) is 5.26 Å². The molecule has 0 N–H and O–H groups in total. The van der Waals surface area contributed by atoms with Crippen LogP contribution in [0.25, 0.3) is 0 Å². The Morgan fingerprint density at radius 2 is 2.31 bits per heavy atom. The minimum Gasteiger partial charge on any atom is -0.495 e. The molecule has 1 aromatic rings. The maximum atomic E-state index is 8.56. The van der Waals surface area contributed by atoms with E-state index in [1.54, 1.807) is 6.07 Å². The van der Waals surface area contributed by atoms with Crippen molar-refractivity contribution in [3.63, 3.8) is 0 Å². The van der Waals surface area contributed by atoms with Gasteiger partial charge in [0.05, 0.1) is 24.6 Å². The quantitative estimate of drug-likeness (QED) is 0.818. The van der Waals surface area contributed by atoms with E-state index >= 15 is 0 Å². The molecule has 13 heavy (non-hydrogen) atoms. The van der Waals surface area contributed by atoms with E-state index in [1.165, 1.54) is 7.11 Å². The monoisotopic (exact) mass is 259 g/mol. The summed E-state index contributed by atoms with van der Waals surface area (Å²) in [5.74, 6) is 0.575. The first-order valence-corrected chi connectivity index (χ1v) is 4.75. The maximum absolute atomic E-state index is 8.56. The van der Waals surface area contributed by atoms with Gasteiger partial charge in [-0.1, -0.05) is 27.5 Å². The second kappa shape index (κ2) is 4.50. The zero-order valence-electron chi connectivity index (χ0n) is 6.97. The van der Waals surface area contributed by atoms with Gasteiger partial charge in [-0.3, -0.25) is 0 Å². The fraction of sp³-hybridized carbons (Fsp3) is 0.222. The van der Waals surface area contributed by atoms with Gasteiger partial charge in [0.15, 0.2) is 0 Å². The molecule has 0 unspecified atom stereocenters. The van der Waals surface area contributed by atoms with E-state index < -0.39 is 0 Å². The van der Waals surface area contributed by atoms with Crippen LogP contribution < -0.4 is 4.74 Å². The molecule has 0 aliphatic heterocycles. The molecule has 0 bridgehead atoms. The fourth-order valence-electron chi connectivity index (χ4n) is 1.06. The van der Waals surface area contributed by atoms with Crippen LogP contribution in [-0.4, -0.2) is 7.11 Å². The van der Waals surface area contributed by atoms with Crippen LogP contribution in [0.3, 0.4) is 0 Å². The number of rotatable bonds is 2. The SMILES string of the molecule is COc1c(Cl)cc(Br)cc1CC#N. The molecule has 0 radical (unpaired) electrons. The lowest BCUT2D eigenvalue weighted by Crippen LogP contribution is -1.92. The molecule has 0 fully saturated rings. The maximum Gasteiger partial charge on any atom is 0.141 e. The minimum atomic E-state index is 0.294.